The summed E-state index contributed by atoms with van der Waals surface area (Å²) in [6, 6.07) is 8.14. The molecule has 0 saturated heterocycles. The van der Waals surface area contributed by atoms with Crippen molar-refractivity contribution in [1.82, 2.24) is 0 Å². The van der Waals surface area contributed by atoms with Gasteiger partial charge in [0, 0.05) is 12.0 Å². The van der Waals surface area contributed by atoms with Crippen molar-refractivity contribution in [3.8, 4) is 0 Å². The van der Waals surface area contributed by atoms with Gasteiger partial charge in [-0.1, -0.05) is 37.6 Å². The third-order valence-electron chi connectivity index (χ3n) is 3.94. The van der Waals surface area contributed by atoms with Gasteiger partial charge in [0.2, 0.25) is 0 Å². The molecule has 0 aliphatic carbocycles. The summed E-state index contributed by atoms with van der Waals surface area (Å²) in [5.74, 6) is -5.55. The Hall–Kier alpha value is -2.17. The largest absolute Gasteiger partial charge is 0.209 e. The molecule has 2 rings (SSSR count). The molecule has 2 aromatic carbocycles. The third-order valence-corrected chi connectivity index (χ3v) is 3.94. The minimum absolute atomic E-state index is 0.0752. The predicted octanol–water partition coefficient (Wildman–Crippen LogP) is 6.69. The van der Waals surface area contributed by atoms with Crippen LogP contribution in [0.15, 0.2) is 42.2 Å². The number of hydrogen-bond donors (Lipinski definition) is 0. The number of aryl methyl sites for hydroxylation is 2. The first-order valence-corrected chi connectivity index (χ1v) is 8.19. The van der Waals surface area contributed by atoms with Crippen molar-refractivity contribution in [2.24, 2.45) is 0 Å². The quantitative estimate of drug-likeness (QED) is 0.384. The van der Waals surface area contributed by atoms with Gasteiger partial charge in [0.1, 0.15) is 5.83 Å². The molecule has 0 saturated carbocycles. The summed E-state index contributed by atoms with van der Waals surface area (Å²) in [5, 5.41) is 0. The molecule has 0 nitrogen and oxygen atoms in total. The van der Waals surface area contributed by atoms with Crippen molar-refractivity contribution in [3.05, 3.63) is 76.4 Å². The molecule has 0 spiro atoms. The second-order valence-electron chi connectivity index (χ2n) is 5.89. The first kappa shape index (κ1) is 19.2. The number of benzene rings is 2. The van der Waals surface area contributed by atoms with Crippen molar-refractivity contribution in [3.63, 3.8) is 0 Å². The van der Waals surface area contributed by atoms with Gasteiger partial charge in [0.05, 0.1) is 0 Å². The van der Waals surface area contributed by atoms with Gasteiger partial charge < -0.3 is 0 Å². The van der Waals surface area contributed by atoms with Gasteiger partial charge in [0.25, 0.3) is 0 Å². The van der Waals surface area contributed by atoms with Crippen LogP contribution in [-0.4, -0.2) is 0 Å². The van der Waals surface area contributed by atoms with Crippen molar-refractivity contribution < 1.29 is 22.0 Å². The van der Waals surface area contributed by atoms with Crippen LogP contribution in [0.4, 0.5) is 22.0 Å². The minimum atomic E-state index is -1.49. The number of unbranched alkanes of at least 4 members (excludes halogenated alkanes) is 1. The Bertz CT molecular complexity index is 724. The molecule has 0 aliphatic rings. The number of halogens is 5. The molecule has 0 fully saturated rings. The molecular formula is C20H19F5. The van der Waals surface area contributed by atoms with Crippen LogP contribution >= 0.6 is 0 Å². The van der Waals surface area contributed by atoms with Crippen LogP contribution in [0.5, 0.6) is 0 Å². The lowest BCUT2D eigenvalue weighted by Crippen LogP contribution is -1.97. The highest BCUT2D eigenvalue weighted by molar-refractivity contribution is 5.61. The van der Waals surface area contributed by atoms with E-state index in [1.807, 2.05) is 6.92 Å². The maximum Gasteiger partial charge on any atom is 0.194 e. The van der Waals surface area contributed by atoms with Crippen LogP contribution in [0, 0.1) is 17.5 Å². The summed E-state index contributed by atoms with van der Waals surface area (Å²) < 4.78 is 66.9. The SMILES string of the molecule is CCCC/C(F)=C(/F)c1ccc(CCc2cc(F)c(F)c(F)c2)cc1. The average molecular weight is 354 g/mol. The van der Waals surface area contributed by atoms with Gasteiger partial charge in [-0.25, -0.2) is 22.0 Å². The summed E-state index contributed by atoms with van der Waals surface area (Å²) in [7, 11) is 0. The lowest BCUT2D eigenvalue weighted by atomic mass is 10.0. The lowest BCUT2D eigenvalue weighted by molar-refractivity contribution is 0.445. The Morgan fingerprint density at radius 1 is 0.840 bits per heavy atom. The molecule has 0 radical (unpaired) electrons. The zero-order valence-electron chi connectivity index (χ0n) is 13.9. The van der Waals surface area contributed by atoms with Crippen LogP contribution < -0.4 is 0 Å². The molecule has 0 bridgehead atoms. The Morgan fingerprint density at radius 2 is 1.40 bits per heavy atom. The molecule has 134 valence electrons. The summed E-state index contributed by atoms with van der Waals surface area (Å²) in [6.07, 6.45) is 2.18. The topological polar surface area (TPSA) is 0 Å². The van der Waals surface area contributed by atoms with E-state index >= 15 is 0 Å². The highest BCUT2D eigenvalue weighted by Crippen LogP contribution is 2.25. The van der Waals surface area contributed by atoms with Gasteiger partial charge in [0.15, 0.2) is 23.3 Å². The smallest absolute Gasteiger partial charge is 0.194 e. The molecule has 0 N–H and O–H groups in total. The maximum atomic E-state index is 13.9. The van der Waals surface area contributed by atoms with Gasteiger partial charge in [-0.2, -0.15) is 0 Å². The van der Waals surface area contributed by atoms with Crippen molar-refractivity contribution in [2.45, 2.75) is 39.0 Å². The monoisotopic (exact) mass is 354 g/mol. The fourth-order valence-corrected chi connectivity index (χ4v) is 2.46. The van der Waals surface area contributed by atoms with Crippen LogP contribution in [-0.2, 0) is 12.8 Å². The van der Waals surface area contributed by atoms with Crippen molar-refractivity contribution >= 4 is 5.83 Å². The van der Waals surface area contributed by atoms with E-state index < -0.39 is 29.1 Å². The molecule has 0 aromatic heterocycles. The van der Waals surface area contributed by atoms with Gasteiger partial charge in [-0.15, -0.1) is 0 Å². The lowest BCUT2D eigenvalue weighted by Gasteiger charge is -2.06. The maximum absolute atomic E-state index is 13.9. The molecule has 25 heavy (non-hydrogen) atoms. The number of hydrogen-bond acceptors (Lipinski definition) is 0. The second-order valence-corrected chi connectivity index (χ2v) is 5.89. The van der Waals surface area contributed by atoms with Crippen molar-refractivity contribution in [2.75, 3.05) is 0 Å². The summed E-state index contributed by atoms with van der Waals surface area (Å²) in [5.41, 5.74) is 1.30. The first-order valence-electron chi connectivity index (χ1n) is 8.19. The first-order chi connectivity index (χ1) is 11.9. The molecule has 5 heteroatoms. The normalized spacial score (nSPS) is 12.2. The molecule has 0 aliphatic heterocycles. The fraction of sp³-hybridized carbons (Fsp3) is 0.300. The Balaban J connectivity index is 2.03. The molecule has 0 amide bonds. The van der Waals surface area contributed by atoms with Crippen LogP contribution in [0.1, 0.15) is 42.9 Å². The standard InChI is InChI=1S/C20H19F5/c1-2-3-4-16(21)19(24)15-9-7-13(8-10-15)5-6-14-11-17(22)20(25)18(23)12-14/h7-12H,2-6H2,1H3/b19-16-. The number of rotatable bonds is 7. The zero-order valence-corrected chi connectivity index (χ0v) is 13.9. The van der Waals surface area contributed by atoms with E-state index in [-0.39, 0.29) is 12.0 Å². The van der Waals surface area contributed by atoms with Crippen LogP contribution in [0.2, 0.25) is 0 Å². The molecular weight excluding hydrogens is 335 g/mol. The van der Waals surface area contributed by atoms with E-state index in [2.05, 4.69) is 0 Å². The number of allylic oxidation sites excluding steroid dienone is 1. The van der Waals surface area contributed by atoms with E-state index in [0.717, 1.165) is 24.1 Å². The van der Waals surface area contributed by atoms with E-state index in [4.69, 9.17) is 0 Å². The summed E-state index contributed by atoms with van der Waals surface area (Å²) >= 11 is 0. The van der Waals surface area contributed by atoms with Crippen molar-refractivity contribution in [1.29, 1.82) is 0 Å². The summed E-state index contributed by atoms with van der Waals surface area (Å²) in [4.78, 5) is 0. The van der Waals surface area contributed by atoms with Crippen LogP contribution in [0.3, 0.4) is 0 Å². The molecule has 0 atom stereocenters. The highest BCUT2D eigenvalue weighted by atomic mass is 19.2. The second kappa shape index (κ2) is 8.79. The highest BCUT2D eigenvalue weighted by Gasteiger charge is 2.11. The van der Waals surface area contributed by atoms with Crippen LogP contribution in [0.25, 0.3) is 5.83 Å². The Morgan fingerprint density at radius 3 is 1.96 bits per heavy atom. The predicted molar refractivity (Wildman–Crippen MR) is 88.8 cm³/mol. The van der Waals surface area contributed by atoms with Gasteiger partial charge in [-0.3, -0.25) is 0 Å². The molecule has 2 aromatic rings. The third kappa shape index (κ3) is 5.15. The fourth-order valence-electron chi connectivity index (χ4n) is 2.46. The van der Waals surface area contributed by atoms with E-state index in [1.54, 1.807) is 12.1 Å². The van der Waals surface area contributed by atoms with E-state index in [0.29, 0.717) is 24.8 Å². The minimum Gasteiger partial charge on any atom is -0.209 e. The Labute approximate surface area is 144 Å². The molecule has 0 heterocycles. The van der Waals surface area contributed by atoms with E-state index in [9.17, 15) is 22.0 Å². The average Bonchev–Trinajstić information content (AvgIpc) is 2.62. The summed E-state index contributed by atoms with van der Waals surface area (Å²) in [6.45, 7) is 1.90. The molecule has 0 unspecified atom stereocenters. The van der Waals surface area contributed by atoms with Gasteiger partial charge >= 0.3 is 0 Å². The van der Waals surface area contributed by atoms with E-state index in [1.165, 1.54) is 12.1 Å². The van der Waals surface area contributed by atoms with Gasteiger partial charge in [-0.05, 0) is 42.5 Å². The zero-order chi connectivity index (χ0) is 18.4. The Kier molecular flexibility index (Phi) is 6.73.